The fourth-order valence-electron chi connectivity index (χ4n) is 12.1. The smallest absolute Gasteiger partial charge is 0.0540 e. The highest BCUT2D eigenvalue weighted by molar-refractivity contribution is 6.09. The van der Waals surface area contributed by atoms with Gasteiger partial charge in [0.25, 0.3) is 0 Å². The first kappa shape index (κ1) is 29.9. The van der Waals surface area contributed by atoms with Crippen LogP contribution in [0.1, 0.15) is 43.2 Å². The molecule has 0 atom stereocenters. The molecule has 0 aliphatic heterocycles. The Kier molecular flexibility index (Phi) is 6.30. The van der Waals surface area contributed by atoms with Crippen molar-refractivity contribution in [3.8, 4) is 22.3 Å². The first-order valence-electron chi connectivity index (χ1n) is 19.8. The number of hydrogen-bond donors (Lipinski definition) is 0. The SMILES string of the molecule is c1ccc2c(c1)-c1cc(-c3ccc(N(c4ccc5c(ccc6ccccc65)c4)c4cccc5ccccc45)cc3)ccc1C21C2CC3CC(C2)CC1C3. The molecule has 4 bridgehead atoms. The van der Waals surface area contributed by atoms with Gasteiger partial charge in [-0.25, -0.2) is 0 Å². The van der Waals surface area contributed by atoms with Gasteiger partial charge in [0.15, 0.2) is 0 Å². The van der Waals surface area contributed by atoms with Crippen LogP contribution >= 0.6 is 0 Å². The zero-order valence-corrected chi connectivity index (χ0v) is 29.9. The normalized spacial score (nSPS) is 23.5. The van der Waals surface area contributed by atoms with Crippen molar-refractivity contribution in [1.82, 2.24) is 0 Å². The van der Waals surface area contributed by atoms with E-state index in [0.29, 0.717) is 0 Å². The molecule has 5 aliphatic rings. The van der Waals surface area contributed by atoms with Crippen LogP contribution in [-0.2, 0) is 5.41 Å². The van der Waals surface area contributed by atoms with Gasteiger partial charge in [-0.1, -0.05) is 127 Å². The van der Waals surface area contributed by atoms with E-state index >= 15 is 0 Å². The van der Waals surface area contributed by atoms with E-state index in [2.05, 4.69) is 169 Å². The topological polar surface area (TPSA) is 3.24 Å². The molecule has 8 aromatic carbocycles. The summed E-state index contributed by atoms with van der Waals surface area (Å²) < 4.78 is 0. The summed E-state index contributed by atoms with van der Waals surface area (Å²) in [6.45, 7) is 0. The predicted octanol–water partition coefficient (Wildman–Crippen LogP) is 14.0. The lowest BCUT2D eigenvalue weighted by Gasteiger charge is -2.61. The molecule has 8 aromatic rings. The predicted molar refractivity (Wildman–Crippen MR) is 222 cm³/mol. The zero-order valence-electron chi connectivity index (χ0n) is 29.9. The Morgan fingerprint density at radius 1 is 0.396 bits per heavy atom. The molecule has 1 nitrogen and oxygen atoms in total. The molecule has 254 valence electrons. The number of nitrogens with zero attached hydrogens (tertiary/aromatic N) is 1. The standard InChI is InChI=1S/C52H41N/c1-3-11-44-37(9-1)16-17-39-31-43(23-24-45(39)44)53(51-15-7-10-36-8-2-4-12-46(36)51)42-21-18-35(19-22-42)38-20-25-50-48(32-38)47-13-5-6-14-49(47)52(50)40-27-33-26-34(29-40)30-41(52)28-33/h1-25,31-34,40-41H,26-30H2. The maximum atomic E-state index is 2.54. The molecule has 0 saturated heterocycles. The number of anilines is 3. The van der Waals surface area contributed by atoms with Crippen molar-refractivity contribution in [3.63, 3.8) is 0 Å². The minimum absolute atomic E-state index is 0.215. The molecule has 0 N–H and O–H groups in total. The maximum Gasteiger partial charge on any atom is 0.0540 e. The van der Waals surface area contributed by atoms with Crippen molar-refractivity contribution < 1.29 is 0 Å². The molecule has 4 fully saturated rings. The third-order valence-electron chi connectivity index (χ3n) is 14.0. The van der Waals surface area contributed by atoms with Crippen molar-refractivity contribution in [2.45, 2.75) is 37.5 Å². The van der Waals surface area contributed by atoms with Gasteiger partial charge in [-0.05, 0) is 152 Å². The summed E-state index contributed by atoms with van der Waals surface area (Å²) in [5, 5.41) is 7.59. The lowest BCUT2D eigenvalue weighted by Crippen LogP contribution is -2.55. The quantitative estimate of drug-likeness (QED) is 0.167. The van der Waals surface area contributed by atoms with E-state index in [0.717, 1.165) is 35.0 Å². The van der Waals surface area contributed by atoms with Crippen LogP contribution in [0.2, 0.25) is 0 Å². The van der Waals surface area contributed by atoms with Gasteiger partial charge in [0.2, 0.25) is 0 Å². The van der Waals surface area contributed by atoms with E-state index in [1.807, 2.05) is 0 Å². The largest absolute Gasteiger partial charge is 0.310 e. The molecule has 0 aromatic heterocycles. The fraction of sp³-hybridized carbons (Fsp3) is 0.192. The van der Waals surface area contributed by atoms with Gasteiger partial charge in [0.1, 0.15) is 0 Å². The molecule has 0 amide bonds. The van der Waals surface area contributed by atoms with E-state index in [4.69, 9.17) is 0 Å². The fourth-order valence-corrected chi connectivity index (χ4v) is 12.1. The number of hydrogen-bond acceptors (Lipinski definition) is 1. The van der Waals surface area contributed by atoms with E-state index in [-0.39, 0.29) is 5.41 Å². The van der Waals surface area contributed by atoms with Gasteiger partial charge in [-0.15, -0.1) is 0 Å². The molecular formula is C52H41N. The average Bonchev–Trinajstić information content (AvgIpc) is 3.50. The summed E-state index contributed by atoms with van der Waals surface area (Å²) in [5.74, 6) is 3.50. The van der Waals surface area contributed by atoms with Crippen LogP contribution in [0.25, 0.3) is 54.6 Å². The Balaban J connectivity index is 0.972. The second-order valence-corrected chi connectivity index (χ2v) is 16.6. The number of rotatable bonds is 4. The van der Waals surface area contributed by atoms with Crippen LogP contribution in [0.3, 0.4) is 0 Å². The van der Waals surface area contributed by atoms with Gasteiger partial charge in [0, 0.05) is 22.2 Å². The van der Waals surface area contributed by atoms with Crippen LogP contribution in [0.4, 0.5) is 17.1 Å². The molecule has 0 heterocycles. The zero-order chi connectivity index (χ0) is 34.7. The minimum Gasteiger partial charge on any atom is -0.310 e. The van der Waals surface area contributed by atoms with Crippen molar-refractivity contribution in [2.75, 3.05) is 4.90 Å². The molecular weight excluding hydrogens is 639 g/mol. The summed E-state index contributed by atoms with van der Waals surface area (Å²) >= 11 is 0. The Hall–Kier alpha value is -5.66. The second kappa shape index (κ2) is 11.2. The van der Waals surface area contributed by atoms with Gasteiger partial charge < -0.3 is 4.90 Å². The van der Waals surface area contributed by atoms with Crippen LogP contribution < -0.4 is 4.90 Å². The molecule has 0 radical (unpaired) electrons. The van der Waals surface area contributed by atoms with Gasteiger partial charge in [-0.3, -0.25) is 0 Å². The summed E-state index contributed by atoms with van der Waals surface area (Å²) in [4.78, 5) is 2.44. The third-order valence-corrected chi connectivity index (χ3v) is 14.0. The molecule has 1 heteroatoms. The Bertz CT molecular complexity index is 2720. The lowest BCUT2D eigenvalue weighted by atomic mass is 9.43. The van der Waals surface area contributed by atoms with E-state index in [1.165, 1.54) is 92.4 Å². The van der Waals surface area contributed by atoms with Gasteiger partial charge in [0.05, 0.1) is 5.69 Å². The minimum atomic E-state index is 0.215. The molecule has 4 saturated carbocycles. The first-order chi connectivity index (χ1) is 26.2. The lowest BCUT2D eigenvalue weighted by molar-refractivity contribution is -0.0399. The molecule has 13 rings (SSSR count). The number of benzene rings is 8. The summed E-state index contributed by atoms with van der Waals surface area (Å²) in [5.41, 5.74) is 12.5. The highest BCUT2D eigenvalue weighted by Gasteiger charge is 2.61. The highest BCUT2D eigenvalue weighted by Crippen LogP contribution is 2.69. The van der Waals surface area contributed by atoms with Gasteiger partial charge >= 0.3 is 0 Å². The van der Waals surface area contributed by atoms with E-state index < -0.39 is 0 Å². The average molecular weight is 680 g/mol. The van der Waals surface area contributed by atoms with Crippen LogP contribution in [0.15, 0.2) is 164 Å². The van der Waals surface area contributed by atoms with Crippen LogP contribution in [0.5, 0.6) is 0 Å². The molecule has 5 aliphatic carbocycles. The Morgan fingerprint density at radius 2 is 1.00 bits per heavy atom. The van der Waals surface area contributed by atoms with Crippen molar-refractivity contribution in [1.29, 1.82) is 0 Å². The molecule has 0 unspecified atom stereocenters. The number of fused-ring (bicyclic) bond motifs is 7. The van der Waals surface area contributed by atoms with Gasteiger partial charge in [-0.2, -0.15) is 0 Å². The Morgan fingerprint density at radius 3 is 1.81 bits per heavy atom. The van der Waals surface area contributed by atoms with Crippen LogP contribution in [0, 0.1) is 23.7 Å². The highest BCUT2D eigenvalue weighted by atomic mass is 15.1. The van der Waals surface area contributed by atoms with E-state index in [1.54, 1.807) is 11.1 Å². The monoisotopic (exact) mass is 679 g/mol. The van der Waals surface area contributed by atoms with Crippen molar-refractivity contribution in [3.05, 3.63) is 175 Å². The second-order valence-electron chi connectivity index (χ2n) is 16.6. The van der Waals surface area contributed by atoms with E-state index in [9.17, 15) is 0 Å². The summed E-state index contributed by atoms with van der Waals surface area (Å²) in [7, 11) is 0. The molecule has 1 spiro atoms. The van der Waals surface area contributed by atoms with Crippen molar-refractivity contribution in [2.24, 2.45) is 23.7 Å². The van der Waals surface area contributed by atoms with Crippen LogP contribution in [-0.4, -0.2) is 0 Å². The summed E-state index contributed by atoms with van der Waals surface area (Å²) in [6.07, 6.45) is 7.18. The summed E-state index contributed by atoms with van der Waals surface area (Å²) in [6, 6.07) is 61.9. The Labute approximate surface area is 311 Å². The molecule has 53 heavy (non-hydrogen) atoms. The maximum absolute atomic E-state index is 2.54. The first-order valence-corrected chi connectivity index (χ1v) is 19.8. The van der Waals surface area contributed by atoms with Crippen molar-refractivity contribution >= 4 is 49.4 Å². The third kappa shape index (κ3) is 4.25.